The summed E-state index contributed by atoms with van der Waals surface area (Å²) in [6, 6.07) is 5.02. The van der Waals surface area contributed by atoms with Crippen LogP contribution in [-0.2, 0) is 9.47 Å². The third kappa shape index (κ3) is 2.45. The first-order chi connectivity index (χ1) is 7.89. The lowest BCUT2D eigenvalue weighted by molar-refractivity contribution is -0.385. The zero-order valence-corrected chi connectivity index (χ0v) is 10.1. The lowest BCUT2D eigenvalue weighted by Crippen LogP contribution is -2.19. The summed E-state index contributed by atoms with van der Waals surface area (Å²) in [5.74, 6) is -0.583. The van der Waals surface area contributed by atoms with Gasteiger partial charge in [-0.15, -0.1) is 0 Å². The summed E-state index contributed by atoms with van der Waals surface area (Å²) in [6.07, 6.45) is -0.149. The van der Waals surface area contributed by atoms with Gasteiger partial charge in [0.25, 0.3) is 5.69 Å². The number of hydrogen-bond donors (Lipinski definition) is 0. The van der Waals surface area contributed by atoms with Gasteiger partial charge in [0.2, 0.25) is 0 Å². The smallest absolute Gasteiger partial charge is 0.272 e. The maximum Gasteiger partial charge on any atom is 0.272 e. The van der Waals surface area contributed by atoms with Gasteiger partial charge < -0.3 is 9.47 Å². The van der Waals surface area contributed by atoms with E-state index in [-0.39, 0.29) is 16.7 Å². The normalized spacial score (nSPS) is 22.6. The Morgan fingerprint density at radius 1 is 1.47 bits per heavy atom. The molecule has 5 heteroatoms. The molecular formula is C12H15NO4. The molecule has 0 spiro atoms. The molecule has 1 aliphatic heterocycles. The van der Waals surface area contributed by atoms with Crippen molar-refractivity contribution in [3.8, 4) is 0 Å². The minimum Gasteiger partial charge on any atom is -0.347 e. The molecule has 0 radical (unpaired) electrons. The monoisotopic (exact) mass is 237 g/mol. The van der Waals surface area contributed by atoms with Crippen molar-refractivity contribution in [2.24, 2.45) is 0 Å². The van der Waals surface area contributed by atoms with Gasteiger partial charge in [0.1, 0.15) is 6.10 Å². The van der Waals surface area contributed by atoms with E-state index in [1.807, 2.05) is 13.8 Å². The second kappa shape index (κ2) is 4.09. The van der Waals surface area contributed by atoms with Crippen molar-refractivity contribution in [3.05, 3.63) is 39.4 Å². The topological polar surface area (TPSA) is 61.6 Å². The van der Waals surface area contributed by atoms with Crippen LogP contribution in [0.2, 0.25) is 0 Å². The minimum absolute atomic E-state index is 0.131. The van der Waals surface area contributed by atoms with Gasteiger partial charge in [-0.05, 0) is 38.5 Å². The van der Waals surface area contributed by atoms with Crippen molar-refractivity contribution in [2.45, 2.75) is 32.7 Å². The molecular weight excluding hydrogens is 222 g/mol. The molecule has 1 aromatic rings. The van der Waals surface area contributed by atoms with Crippen LogP contribution in [0.3, 0.4) is 0 Å². The highest BCUT2D eigenvalue weighted by Gasteiger charge is 2.33. The van der Waals surface area contributed by atoms with Crippen molar-refractivity contribution >= 4 is 5.69 Å². The Morgan fingerprint density at radius 2 is 2.18 bits per heavy atom. The second-order valence-corrected chi connectivity index (χ2v) is 4.62. The molecule has 0 aliphatic carbocycles. The molecule has 1 unspecified atom stereocenters. The molecule has 2 rings (SSSR count). The van der Waals surface area contributed by atoms with E-state index in [0.717, 1.165) is 5.56 Å². The van der Waals surface area contributed by atoms with E-state index in [1.54, 1.807) is 19.1 Å². The van der Waals surface area contributed by atoms with Crippen LogP contribution < -0.4 is 0 Å². The standard InChI is InChI=1S/C12H15NO4/c1-8-6-9(4-5-10(8)13(14)15)11-7-16-12(2,3)17-11/h4-6,11H,7H2,1-3H3. The van der Waals surface area contributed by atoms with Gasteiger partial charge >= 0.3 is 0 Å². The largest absolute Gasteiger partial charge is 0.347 e. The number of rotatable bonds is 2. The lowest BCUT2D eigenvalue weighted by Gasteiger charge is -2.17. The first kappa shape index (κ1) is 12.0. The Hall–Kier alpha value is -1.46. The van der Waals surface area contributed by atoms with Gasteiger partial charge in [0, 0.05) is 11.6 Å². The zero-order valence-electron chi connectivity index (χ0n) is 10.1. The number of hydrogen-bond acceptors (Lipinski definition) is 4. The summed E-state index contributed by atoms with van der Waals surface area (Å²) >= 11 is 0. The van der Waals surface area contributed by atoms with E-state index in [4.69, 9.17) is 9.47 Å². The molecule has 0 saturated carbocycles. The summed E-state index contributed by atoms with van der Waals surface area (Å²) in [4.78, 5) is 10.3. The molecule has 1 saturated heterocycles. The molecule has 17 heavy (non-hydrogen) atoms. The van der Waals surface area contributed by atoms with Crippen molar-refractivity contribution in [1.82, 2.24) is 0 Å². The number of nitro benzene ring substituents is 1. The van der Waals surface area contributed by atoms with Crippen LogP contribution >= 0.6 is 0 Å². The molecule has 1 aromatic carbocycles. The van der Waals surface area contributed by atoms with Gasteiger partial charge in [0.05, 0.1) is 11.5 Å². The number of aryl methyl sites for hydroxylation is 1. The molecule has 0 aromatic heterocycles. The lowest BCUT2D eigenvalue weighted by atomic mass is 10.1. The number of nitro groups is 1. The van der Waals surface area contributed by atoms with Crippen LogP contribution in [0, 0.1) is 17.0 Å². The minimum atomic E-state index is -0.583. The van der Waals surface area contributed by atoms with E-state index in [2.05, 4.69) is 0 Å². The summed E-state index contributed by atoms with van der Waals surface area (Å²) in [7, 11) is 0. The highest BCUT2D eigenvalue weighted by molar-refractivity contribution is 5.42. The highest BCUT2D eigenvalue weighted by Crippen LogP contribution is 2.34. The number of benzene rings is 1. The summed E-state index contributed by atoms with van der Waals surface area (Å²) in [5.41, 5.74) is 1.69. The van der Waals surface area contributed by atoms with Crippen LogP contribution in [0.15, 0.2) is 18.2 Å². The third-order valence-electron chi connectivity index (χ3n) is 2.80. The predicted octanol–water partition coefficient (Wildman–Crippen LogP) is 2.73. The maximum atomic E-state index is 10.7. The fourth-order valence-corrected chi connectivity index (χ4v) is 1.94. The van der Waals surface area contributed by atoms with Crippen LogP contribution in [0.4, 0.5) is 5.69 Å². The summed E-state index contributed by atoms with van der Waals surface area (Å²) in [5, 5.41) is 10.7. The Morgan fingerprint density at radius 3 is 2.65 bits per heavy atom. The maximum absolute atomic E-state index is 10.7. The average molecular weight is 237 g/mol. The molecule has 0 bridgehead atoms. The fourth-order valence-electron chi connectivity index (χ4n) is 1.94. The fraction of sp³-hybridized carbons (Fsp3) is 0.500. The molecule has 1 fully saturated rings. The zero-order chi connectivity index (χ0) is 12.6. The molecule has 0 N–H and O–H groups in total. The Bertz CT molecular complexity index is 456. The molecule has 5 nitrogen and oxygen atoms in total. The Kier molecular flexibility index (Phi) is 2.89. The van der Waals surface area contributed by atoms with Gasteiger partial charge in [0.15, 0.2) is 5.79 Å². The summed E-state index contributed by atoms with van der Waals surface area (Å²) < 4.78 is 11.2. The van der Waals surface area contributed by atoms with Crippen LogP contribution in [0.1, 0.15) is 31.1 Å². The van der Waals surface area contributed by atoms with Crippen LogP contribution in [0.5, 0.6) is 0 Å². The van der Waals surface area contributed by atoms with E-state index in [0.29, 0.717) is 12.2 Å². The number of ether oxygens (including phenoxy) is 2. The Balaban J connectivity index is 2.24. The second-order valence-electron chi connectivity index (χ2n) is 4.62. The SMILES string of the molecule is Cc1cc(C2COC(C)(C)O2)ccc1[N+](=O)[O-]. The number of nitrogens with zero attached hydrogens (tertiary/aromatic N) is 1. The quantitative estimate of drug-likeness (QED) is 0.586. The van der Waals surface area contributed by atoms with Crippen molar-refractivity contribution in [2.75, 3.05) is 6.61 Å². The van der Waals surface area contributed by atoms with Crippen LogP contribution in [0.25, 0.3) is 0 Å². The van der Waals surface area contributed by atoms with E-state index < -0.39 is 5.79 Å². The first-order valence-electron chi connectivity index (χ1n) is 5.46. The molecule has 1 aliphatic rings. The molecule has 0 amide bonds. The molecule has 1 heterocycles. The highest BCUT2D eigenvalue weighted by atomic mass is 16.7. The van der Waals surface area contributed by atoms with Crippen molar-refractivity contribution < 1.29 is 14.4 Å². The van der Waals surface area contributed by atoms with E-state index in [9.17, 15) is 10.1 Å². The van der Waals surface area contributed by atoms with Gasteiger partial charge in [-0.1, -0.05) is 0 Å². The first-order valence-corrected chi connectivity index (χ1v) is 5.46. The van der Waals surface area contributed by atoms with Crippen LogP contribution in [-0.4, -0.2) is 17.3 Å². The average Bonchev–Trinajstić information content (AvgIpc) is 2.58. The molecule has 1 atom stereocenters. The van der Waals surface area contributed by atoms with Crippen molar-refractivity contribution in [1.29, 1.82) is 0 Å². The molecule has 92 valence electrons. The summed E-state index contributed by atoms with van der Waals surface area (Å²) in [6.45, 7) is 5.91. The van der Waals surface area contributed by atoms with E-state index in [1.165, 1.54) is 6.07 Å². The van der Waals surface area contributed by atoms with Gasteiger partial charge in [-0.3, -0.25) is 10.1 Å². The Labute approximate surface area is 99.5 Å². The predicted molar refractivity (Wildman–Crippen MR) is 61.7 cm³/mol. The van der Waals surface area contributed by atoms with Crippen molar-refractivity contribution in [3.63, 3.8) is 0 Å². The third-order valence-corrected chi connectivity index (χ3v) is 2.80. The van der Waals surface area contributed by atoms with Gasteiger partial charge in [-0.2, -0.15) is 0 Å². The van der Waals surface area contributed by atoms with E-state index >= 15 is 0 Å². The van der Waals surface area contributed by atoms with Gasteiger partial charge in [-0.25, -0.2) is 0 Å².